The van der Waals surface area contributed by atoms with Crippen LogP contribution in [-0.2, 0) is 20.2 Å². The van der Waals surface area contributed by atoms with Crippen molar-refractivity contribution in [2.75, 3.05) is 17.1 Å². The van der Waals surface area contributed by atoms with Crippen LogP contribution < -0.4 is 9.62 Å². The van der Waals surface area contributed by atoms with E-state index in [1.54, 1.807) is 12.1 Å². The van der Waals surface area contributed by atoms with Gasteiger partial charge in [0.05, 0.1) is 11.9 Å². The molecule has 1 amide bonds. The number of carbonyl (C=O) groups is 1. The average Bonchev–Trinajstić information content (AvgIpc) is 2.34. The van der Waals surface area contributed by atoms with E-state index in [9.17, 15) is 13.2 Å². The number of hydrogen-bond acceptors (Lipinski definition) is 3. The lowest BCUT2D eigenvalue weighted by molar-refractivity contribution is -0.122. The molecule has 0 unspecified atom stereocenters. The monoisotopic (exact) mass is 354 g/mol. The number of hydrogen-bond donors (Lipinski definition) is 1. The number of anilines is 1. The number of nitrogens with zero attached hydrogens (tertiary/aromatic N) is 1. The van der Waals surface area contributed by atoms with Crippen molar-refractivity contribution in [1.29, 1.82) is 0 Å². The number of carbonyl (C=O) groups excluding carboxylic acids is 1. The summed E-state index contributed by atoms with van der Waals surface area (Å²) in [5, 5.41) is 2.85. The van der Waals surface area contributed by atoms with Crippen LogP contribution in [-0.4, -0.2) is 32.7 Å². The molecule has 0 aliphatic heterocycles. The second-order valence-corrected chi connectivity index (χ2v) is 10.1. The minimum atomic E-state index is -3.45. The fourth-order valence-electron chi connectivity index (χ4n) is 2.30. The molecule has 0 saturated carbocycles. The van der Waals surface area contributed by atoms with E-state index in [4.69, 9.17) is 0 Å². The molecule has 0 aliphatic rings. The average molecular weight is 355 g/mol. The van der Waals surface area contributed by atoms with Crippen LogP contribution in [0.25, 0.3) is 0 Å². The third-order valence-corrected chi connectivity index (χ3v) is 4.67. The molecule has 5 nitrogen and oxygen atoms in total. The van der Waals surface area contributed by atoms with Crippen molar-refractivity contribution in [2.24, 2.45) is 0 Å². The van der Waals surface area contributed by atoms with Gasteiger partial charge in [-0.15, -0.1) is 0 Å². The maximum atomic E-state index is 12.1. The minimum Gasteiger partial charge on any atom is -0.351 e. The van der Waals surface area contributed by atoms with Gasteiger partial charge < -0.3 is 5.32 Å². The molecule has 0 fully saturated rings. The van der Waals surface area contributed by atoms with Crippen molar-refractivity contribution in [3.63, 3.8) is 0 Å². The molecule has 0 aliphatic carbocycles. The van der Waals surface area contributed by atoms with Gasteiger partial charge >= 0.3 is 0 Å². The van der Waals surface area contributed by atoms with Gasteiger partial charge in [-0.25, -0.2) is 8.42 Å². The summed E-state index contributed by atoms with van der Waals surface area (Å²) >= 11 is 0. The van der Waals surface area contributed by atoms with Crippen molar-refractivity contribution in [3.8, 4) is 0 Å². The van der Waals surface area contributed by atoms with Crippen LogP contribution in [0.15, 0.2) is 24.3 Å². The predicted octanol–water partition coefficient (Wildman–Crippen LogP) is 3.05. The summed E-state index contributed by atoms with van der Waals surface area (Å²) in [6, 6.07) is 7.46. The molecule has 24 heavy (non-hydrogen) atoms. The van der Waals surface area contributed by atoms with E-state index >= 15 is 0 Å². The fraction of sp³-hybridized carbons (Fsp3) is 0.611. The predicted molar refractivity (Wildman–Crippen MR) is 99.8 cm³/mol. The van der Waals surface area contributed by atoms with Crippen LogP contribution >= 0.6 is 0 Å². The standard InChI is InChI=1S/C18H30N2O3S/c1-17(2,3)14-8-10-15(11-9-14)20(24(7,22)23)13-12-16(21)19-18(4,5)6/h8-11H,12-13H2,1-7H3,(H,19,21). The van der Waals surface area contributed by atoms with Crippen LogP contribution in [0, 0.1) is 0 Å². The largest absolute Gasteiger partial charge is 0.351 e. The summed E-state index contributed by atoms with van der Waals surface area (Å²) in [5.74, 6) is -0.164. The number of rotatable bonds is 5. The van der Waals surface area contributed by atoms with Gasteiger partial charge in [-0.2, -0.15) is 0 Å². The van der Waals surface area contributed by atoms with Crippen LogP contribution in [0.1, 0.15) is 53.5 Å². The molecule has 6 heteroatoms. The first kappa shape index (κ1) is 20.5. The van der Waals surface area contributed by atoms with Gasteiger partial charge in [0.1, 0.15) is 0 Å². The molecular formula is C18H30N2O3S. The van der Waals surface area contributed by atoms with Crippen molar-refractivity contribution in [3.05, 3.63) is 29.8 Å². The Balaban J connectivity index is 2.94. The molecule has 0 atom stereocenters. The number of benzene rings is 1. The number of amides is 1. The zero-order valence-corrected chi connectivity index (χ0v) is 16.6. The zero-order valence-electron chi connectivity index (χ0n) is 15.8. The molecule has 0 aromatic heterocycles. The van der Waals surface area contributed by atoms with Gasteiger partial charge in [-0.3, -0.25) is 9.10 Å². The van der Waals surface area contributed by atoms with Gasteiger partial charge in [0, 0.05) is 18.5 Å². The lowest BCUT2D eigenvalue weighted by Crippen LogP contribution is -2.42. The van der Waals surface area contributed by atoms with Crippen molar-refractivity contribution in [2.45, 2.75) is 58.9 Å². The van der Waals surface area contributed by atoms with Gasteiger partial charge in [-0.1, -0.05) is 32.9 Å². The normalized spacial score (nSPS) is 12.8. The molecule has 1 aromatic carbocycles. The van der Waals surface area contributed by atoms with Gasteiger partial charge in [-0.05, 0) is 43.9 Å². The Morgan fingerprint density at radius 2 is 1.54 bits per heavy atom. The Kier molecular flexibility index (Phi) is 6.09. The molecule has 1 aromatic rings. The zero-order chi connectivity index (χ0) is 18.8. The molecule has 0 saturated heterocycles. The summed E-state index contributed by atoms with van der Waals surface area (Å²) in [5.41, 5.74) is 1.38. The first-order chi connectivity index (χ1) is 10.7. The Morgan fingerprint density at radius 1 is 1.04 bits per heavy atom. The van der Waals surface area contributed by atoms with E-state index < -0.39 is 10.0 Å². The molecular weight excluding hydrogens is 324 g/mol. The number of nitrogens with one attached hydrogen (secondary N) is 1. The molecule has 0 radical (unpaired) electrons. The van der Waals surface area contributed by atoms with Gasteiger partial charge in [0.2, 0.25) is 15.9 Å². The Bertz CT molecular complexity index is 666. The van der Waals surface area contributed by atoms with Gasteiger partial charge in [0.25, 0.3) is 0 Å². The van der Waals surface area contributed by atoms with E-state index in [1.807, 2.05) is 32.9 Å². The third kappa shape index (κ3) is 6.51. The summed E-state index contributed by atoms with van der Waals surface area (Å²) < 4.78 is 25.5. The van der Waals surface area contributed by atoms with Crippen molar-refractivity contribution >= 4 is 21.6 Å². The highest BCUT2D eigenvalue weighted by atomic mass is 32.2. The second-order valence-electron chi connectivity index (χ2n) is 8.18. The van der Waals surface area contributed by atoms with Crippen LogP contribution in [0.2, 0.25) is 0 Å². The maximum Gasteiger partial charge on any atom is 0.232 e. The quantitative estimate of drug-likeness (QED) is 0.884. The first-order valence-electron chi connectivity index (χ1n) is 8.09. The molecule has 1 N–H and O–H groups in total. The highest BCUT2D eigenvalue weighted by Gasteiger charge is 2.21. The second kappa shape index (κ2) is 7.13. The van der Waals surface area contributed by atoms with E-state index in [0.717, 1.165) is 11.8 Å². The Labute approximate surface area is 146 Å². The van der Waals surface area contributed by atoms with Crippen molar-refractivity contribution < 1.29 is 13.2 Å². The Morgan fingerprint density at radius 3 is 1.92 bits per heavy atom. The number of sulfonamides is 1. The third-order valence-electron chi connectivity index (χ3n) is 3.48. The summed E-state index contributed by atoms with van der Waals surface area (Å²) in [6.07, 6.45) is 1.28. The lowest BCUT2D eigenvalue weighted by atomic mass is 9.87. The Hall–Kier alpha value is -1.56. The molecule has 0 spiro atoms. The lowest BCUT2D eigenvalue weighted by Gasteiger charge is -2.25. The van der Waals surface area contributed by atoms with E-state index in [2.05, 4.69) is 26.1 Å². The van der Waals surface area contributed by atoms with E-state index in [1.165, 1.54) is 4.31 Å². The smallest absolute Gasteiger partial charge is 0.232 e. The summed E-state index contributed by atoms with van der Waals surface area (Å²) in [4.78, 5) is 12.0. The molecule has 1 rings (SSSR count). The molecule has 136 valence electrons. The topological polar surface area (TPSA) is 66.5 Å². The SMILES string of the molecule is CC(C)(C)NC(=O)CCN(c1ccc(C(C)(C)C)cc1)S(C)(=O)=O. The highest BCUT2D eigenvalue weighted by Crippen LogP contribution is 2.26. The maximum absolute atomic E-state index is 12.1. The summed E-state index contributed by atoms with van der Waals surface area (Å²) in [6.45, 7) is 12.1. The molecule has 0 heterocycles. The fourth-order valence-corrected chi connectivity index (χ4v) is 3.23. The first-order valence-corrected chi connectivity index (χ1v) is 9.94. The van der Waals surface area contributed by atoms with Crippen LogP contribution in [0.3, 0.4) is 0 Å². The van der Waals surface area contributed by atoms with Crippen LogP contribution in [0.4, 0.5) is 5.69 Å². The van der Waals surface area contributed by atoms with E-state index in [-0.39, 0.29) is 29.8 Å². The minimum absolute atomic E-state index is 0.00104. The molecule has 0 bridgehead atoms. The highest BCUT2D eigenvalue weighted by molar-refractivity contribution is 7.92. The summed E-state index contributed by atoms with van der Waals surface area (Å²) in [7, 11) is -3.45. The van der Waals surface area contributed by atoms with E-state index in [0.29, 0.717) is 5.69 Å². The van der Waals surface area contributed by atoms with Crippen LogP contribution in [0.5, 0.6) is 0 Å². The van der Waals surface area contributed by atoms with Crippen molar-refractivity contribution in [1.82, 2.24) is 5.32 Å². The van der Waals surface area contributed by atoms with Gasteiger partial charge in [0.15, 0.2) is 0 Å².